The Hall–Kier alpha value is -1.95. The van der Waals surface area contributed by atoms with Crippen molar-refractivity contribution in [2.45, 2.75) is 0 Å². The SMILES string of the molecule is CN(C(=O)O)c1cc(Br)cc(Br)c1NC(=O)c1cc(Br)nn1-c1ncccc1Cl. The normalized spacial score (nSPS) is 10.7. The Morgan fingerprint density at radius 2 is 1.97 bits per heavy atom. The van der Waals surface area contributed by atoms with E-state index in [1.54, 1.807) is 24.3 Å². The average molecular weight is 608 g/mol. The second kappa shape index (κ2) is 8.82. The van der Waals surface area contributed by atoms with Gasteiger partial charge in [-0.05, 0) is 56.1 Å². The summed E-state index contributed by atoms with van der Waals surface area (Å²) in [5.41, 5.74) is 0.698. The van der Waals surface area contributed by atoms with E-state index in [4.69, 9.17) is 11.6 Å². The zero-order valence-corrected chi connectivity index (χ0v) is 20.0. The summed E-state index contributed by atoms with van der Waals surface area (Å²) in [6.45, 7) is 0. The van der Waals surface area contributed by atoms with Crippen LogP contribution in [0.25, 0.3) is 5.82 Å². The number of hydrogen-bond acceptors (Lipinski definition) is 4. The van der Waals surface area contributed by atoms with Gasteiger partial charge in [0.2, 0.25) is 0 Å². The van der Waals surface area contributed by atoms with Crippen LogP contribution in [0.5, 0.6) is 0 Å². The molecular formula is C17H11Br3ClN5O3. The lowest BCUT2D eigenvalue weighted by Crippen LogP contribution is -2.26. The number of carbonyl (C=O) groups is 2. The number of benzene rings is 1. The van der Waals surface area contributed by atoms with E-state index in [0.717, 1.165) is 4.90 Å². The third-order valence-corrected chi connectivity index (χ3v) is 5.54. The molecule has 8 nitrogen and oxygen atoms in total. The molecule has 0 saturated heterocycles. The van der Waals surface area contributed by atoms with Gasteiger partial charge >= 0.3 is 6.09 Å². The highest BCUT2D eigenvalue weighted by atomic mass is 79.9. The quantitative estimate of drug-likeness (QED) is 0.403. The van der Waals surface area contributed by atoms with E-state index < -0.39 is 12.0 Å². The topological polar surface area (TPSA) is 100 Å². The van der Waals surface area contributed by atoms with Crippen molar-refractivity contribution in [3.05, 3.63) is 60.8 Å². The van der Waals surface area contributed by atoms with Gasteiger partial charge in [-0.15, -0.1) is 0 Å². The minimum atomic E-state index is -1.18. The minimum absolute atomic E-state index is 0.149. The summed E-state index contributed by atoms with van der Waals surface area (Å²) in [6.07, 6.45) is 0.350. The van der Waals surface area contributed by atoms with Crippen LogP contribution >= 0.6 is 59.4 Å². The molecule has 0 bridgehead atoms. The van der Waals surface area contributed by atoms with Crippen molar-refractivity contribution < 1.29 is 14.7 Å². The van der Waals surface area contributed by atoms with E-state index in [9.17, 15) is 14.7 Å². The highest BCUT2D eigenvalue weighted by Crippen LogP contribution is 2.37. The Bertz CT molecular complexity index is 1120. The van der Waals surface area contributed by atoms with Gasteiger partial charge in [0.15, 0.2) is 5.82 Å². The van der Waals surface area contributed by atoms with E-state index in [2.05, 4.69) is 63.2 Å². The Labute approximate surface area is 195 Å². The van der Waals surface area contributed by atoms with Crippen molar-refractivity contribution in [1.29, 1.82) is 0 Å². The Kier molecular flexibility index (Phi) is 6.62. The molecule has 0 fully saturated rings. The van der Waals surface area contributed by atoms with Gasteiger partial charge in [0, 0.05) is 28.3 Å². The van der Waals surface area contributed by atoms with Crippen LogP contribution in [0.15, 0.2) is 50.1 Å². The second-order valence-corrected chi connectivity index (χ2v) is 8.64. The van der Waals surface area contributed by atoms with E-state index in [0.29, 0.717) is 18.6 Å². The van der Waals surface area contributed by atoms with Crippen molar-refractivity contribution in [1.82, 2.24) is 14.8 Å². The van der Waals surface area contributed by atoms with Gasteiger partial charge in [-0.25, -0.2) is 14.5 Å². The Balaban J connectivity index is 2.05. The van der Waals surface area contributed by atoms with Gasteiger partial charge in [-0.1, -0.05) is 27.5 Å². The molecule has 3 aromatic rings. The molecule has 0 atom stereocenters. The molecule has 0 aliphatic heterocycles. The zero-order valence-electron chi connectivity index (χ0n) is 14.5. The van der Waals surface area contributed by atoms with Gasteiger partial charge in [-0.2, -0.15) is 5.10 Å². The van der Waals surface area contributed by atoms with Gasteiger partial charge in [0.25, 0.3) is 5.91 Å². The maximum atomic E-state index is 13.1. The van der Waals surface area contributed by atoms with Crippen molar-refractivity contribution in [3.8, 4) is 5.82 Å². The third kappa shape index (κ3) is 4.63. The first-order valence-electron chi connectivity index (χ1n) is 7.82. The van der Waals surface area contributed by atoms with Crippen LogP contribution in [-0.4, -0.2) is 38.9 Å². The molecule has 0 unspecified atom stereocenters. The summed E-state index contributed by atoms with van der Waals surface area (Å²) in [4.78, 5) is 29.7. The molecule has 0 radical (unpaired) electrons. The van der Waals surface area contributed by atoms with Crippen LogP contribution in [0.1, 0.15) is 10.5 Å². The van der Waals surface area contributed by atoms with Gasteiger partial charge < -0.3 is 10.4 Å². The summed E-state index contributed by atoms with van der Waals surface area (Å²) in [6, 6.07) is 8.08. The number of pyridine rings is 1. The fourth-order valence-corrected chi connectivity index (χ4v) is 4.32. The van der Waals surface area contributed by atoms with Crippen LogP contribution in [0, 0.1) is 0 Å². The molecule has 29 heavy (non-hydrogen) atoms. The molecule has 0 spiro atoms. The number of rotatable bonds is 4. The highest BCUT2D eigenvalue weighted by molar-refractivity contribution is 9.11. The zero-order chi connectivity index (χ0) is 21.3. The number of carboxylic acid groups (broad SMARTS) is 1. The summed E-state index contributed by atoms with van der Waals surface area (Å²) in [5.74, 6) is -0.254. The van der Waals surface area contributed by atoms with Gasteiger partial charge in [-0.3, -0.25) is 9.69 Å². The van der Waals surface area contributed by atoms with E-state index in [1.165, 1.54) is 24.0 Å². The smallest absolute Gasteiger partial charge is 0.411 e. The predicted molar refractivity (Wildman–Crippen MR) is 120 cm³/mol. The molecule has 2 N–H and O–H groups in total. The molecule has 2 aromatic heterocycles. The summed E-state index contributed by atoms with van der Waals surface area (Å²) in [7, 11) is 1.38. The molecule has 150 valence electrons. The molecule has 0 saturated carbocycles. The van der Waals surface area contributed by atoms with Crippen LogP contribution in [0.2, 0.25) is 5.02 Å². The Morgan fingerprint density at radius 1 is 1.24 bits per heavy atom. The lowest BCUT2D eigenvalue weighted by Gasteiger charge is -2.20. The summed E-state index contributed by atoms with van der Waals surface area (Å²) in [5, 5.41) is 16.6. The fraction of sp³-hybridized carbons (Fsp3) is 0.0588. The average Bonchev–Trinajstić information content (AvgIpc) is 3.05. The second-order valence-electron chi connectivity index (χ2n) is 5.65. The fourth-order valence-electron chi connectivity index (χ4n) is 2.44. The first-order valence-corrected chi connectivity index (χ1v) is 10.6. The van der Waals surface area contributed by atoms with Crippen molar-refractivity contribution in [2.24, 2.45) is 0 Å². The number of amides is 2. The van der Waals surface area contributed by atoms with Crippen LogP contribution in [-0.2, 0) is 0 Å². The number of anilines is 2. The number of hydrogen-bond donors (Lipinski definition) is 2. The molecule has 1 aromatic carbocycles. The summed E-state index contributed by atoms with van der Waals surface area (Å²) < 4.78 is 2.83. The number of aromatic nitrogens is 3. The van der Waals surface area contributed by atoms with Crippen LogP contribution in [0.3, 0.4) is 0 Å². The maximum absolute atomic E-state index is 13.1. The van der Waals surface area contributed by atoms with Crippen molar-refractivity contribution in [3.63, 3.8) is 0 Å². The third-order valence-electron chi connectivity index (χ3n) is 3.77. The molecule has 2 heterocycles. The van der Waals surface area contributed by atoms with E-state index in [-0.39, 0.29) is 22.9 Å². The first kappa shape index (κ1) is 21.8. The molecule has 0 aliphatic carbocycles. The van der Waals surface area contributed by atoms with Crippen molar-refractivity contribution >= 4 is 82.8 Å². The number of carbonyl (C=O) groups excluding carboxylic acids is 1. The summed E-state index contributed by atoms with van der Waals surface area (Å²) >= 11 is 16.1. The first-order chi connectivity index (χ1) is 13.7. The van der Waals surface area contributed by atoms with E-state index in [1.807, 2.05) is 0 Å². The van der Waals surface area contributed by atoms with E-state index >= 15 is 0 Å². The number of nitrogens with one attached hydrogen (secondary N) is 1. The highest BCUT2D eigenvalue weighted by Gasteiger charge is 2.23. The number of halogens is 4. The minimum Gasteiger partial charge on any atom is -0.465 e. The molecule has 3 rings (SSSR count). The maximum Gasteiger partial charge on any atom is 0.411 e. The predicted octanol–water partition coefficient (Wildman–Crippen LogP) is 5.57. The standard InChI is InChI=1S/C17H11Br3ClN5O3/c1-25(17(28)29)11-6-8(18)5-9(19)14(11)23-16(27)12-7-13(20)24-26(12)15-10(21)3-2-4-22-15/h2-7H,1H3,(H,23,27)(H,28,29). The molecule has 12 heteroatoms. The molecule has 0 aliphatic rings. The van der Waals surface area contributed by atoms with Gasteiger partial charge in [0.1, 0.15) is 10.3 Å². The molecule has 2 amide bonds. The van der Waals surface area contributed by atoms with Crippen LogP contribution < -0.4 is 10.2 Å². The lowest BCUT2D eigenvalue weighted by molar-refractivity contribution is 0.101. The monoisotopic (exact) mass is 605 g/mol. The van der Waals surface area contributed by atoms with Crippen LogP contribution in [0.4, 0.5) is 16.2 Å². The molecular weight excluding hydrogens is 597 g/mol. The lowest BCUT2D eigenvalue weighted by atomic mass is 10.2. The largest absolute Gasteiger partial charge is 0.465 e. The Morgan fingerprint density at radius 3 is 2.62 bits per heavy atom. The number of nitrogens with zero attached hydrogens (tertiary/aromatic N) is 4. The van der Waals surface area contributed by atoms with Gasteiger partial charge in [0.05, 0.1) is 16.4 Å². The van der Waals surface area contributed by atoms with Crippen molar-refractivity contribution in [2.75, 3.05) is 17.3 Å².